The first kappa shape index (κ1) is 17.4. The Morgan fingerprint density at radius 1 is 1.25 bits per heavy atom. The topological polar surface area (TPSA) is 36.1 Å². The minimum atomic E-state index is 0. The highest BCUT2D eigenvalue weighted by Gasteiger charge is 2.04. The highest BCUT2D eigenvalue weighted by atomic mass is 15.6. The summed E-state index contributed by atoms with van der Waals surface area (Å²) in [4.78, 5) is 0. The predicted molar refractivity (Wildman–Crippen MR) is 56.2 cm³/mol. The summed E-state index contributed by atoms with van der Waals surface area (Å²) in [5.74, 6) is 0.567. The first-order chi connectivity index (χ1) is 4.80. The van der Waals surface area contributed by atoms with Crippen LogP contribution in [0.5, 0.6) is 0 Å². The number of nitrogens with one attached hydrogen (secondary N) is 3. The van der Waals surface area contributed by atoms with Crippen molar-refractivity contribution in [3.63, 3.8) is 0 Å². The van der Waals surface area contributed by atoms with Gasteiger partial charge in [0, 0.05) is 20.3 Å². The van der Waals surface area contributed by atoms with E-state index in [-0.39, 0.29) is 15.8 Å². The van der Waals surface area contributed by atoms with Crippen LogP contribution < -0.4 is 16.4 Å². The van der Waals surface area contributed by atoms with E-state index < -0.39 is 0 Å². The maximum Gasteiger partial charge on any atom is 0.0476 e. The second-order valence-electron chi connectivity index (χ2n) is 2.15. The van der Waals surface area contributed by atoms with Gasteiger partial charge in [-0.05, 0) is 5.92 Å². The molecule has 4 heteroatoms. The molecule has 0 amide bonds. The summed E-state index contributed by atoms with van der Waals surface area (Å²) >= 11 is 0. The molecule has 3 radical (unpaired) electrons. The molecule has 12 heavy (non-hydrogen) atoms. The highest BCUT2D eigenvalue weighted by Crippen LogP contribution is 2.03. The molecule has 1 rings (SSSR count). The third-order valence-corrected chi connectivity index (χ3v) is 1.13. The van der Waals surface area contributed by atoms with E-state index in [9.17, 15) is 0 Å². The van der Waals surface area contributed by atoms with E-state index in [1.807, 2.05) is 20.0 Å². The molecular formula is C8H21BN3. The highest BCUT2D eigenvalue weighted by molar-refractivity contribution is 5.75. The molecule has 0 aromatic rings. The van der Waals surface area contributed by atoms with E-state index in [1.165, 1.54) is 5.70 Å². The van der Waals surface area contributed by atoms with Gasteiger partial charge >= 0.3 is 0 Å². The van der Waals surface area contributed by atoms with E-state index in [2.05, 4.69) is 30.2 Å². The minimum absolute atomic E-state index is 0. The lowest BCUT2D eigenvalue weighted by atomic mass is 10.2. The van der Waals surface area contributed by atoms with Gasteiger partial charge in [0.2, 0.25) is 0 Å². The standard InChI is InChI=1S/C5H11N3.C2H6.CH4.B/c1-4(2)5-3-6-8-7-5;1-2;;/h3-4,6-8H,1-2H3;1-2H3;1H4;. The van der Waals surface area contributed by atoms with Crippen LogP contribution in [0.25, 0.3) is 0 Å². The van der Waals surface area contributed by atoms with Crippen molar-refractivity contribution in [2.75, 3.05) is 0 Å². The predicted octanol–water partition coefficient (Wildman–Crippen LogP) is 1.38. The average molecular weight is 170 g/mol. The normalized spacial score (nSPS) is 12.2. The van der Waals surface area contributed by atoms with Gasteiger partial charge in [0.15, 0.2) is 0 Å². The van der Waals surface area contributed by atoms with Crippen LogP contribution in [0.1, 0.15) is 35.1 Å². The van der Waals surface area contributed by atoms with Crippen LogP contribution in [0.15, 0.2) is 11.9 Å². The lowest BCUT2D eigenvalue weighted by molar-refractivity contribution is 0.564. The zero-order valence-corrected chi connectivity index (χ0v) is 7.73. The Hall–Kier alpha value is -0.635. The van der Waals surface area contributed by atoms with Crippen LogP contribution in [0.4, 0.5) is 0 Å². The molecule has 0 atom stereocenters. The molecule has 71 valence electrons. The maximum atomic E-state index is 2.96. The molecule has 0 aromatic carbocycles. The summed E-state index contributed by atoms with van der Waals surface area (Å²) in [6.07, 6.45) is 1.92. The zero-order valence-electron chi connectivity index (χ0n) is 7.73. The third-order valence-electron chi connectivity index (χ3n) is 1.13. The molecule has 0 aromatic heterocycles. The lowest BCUT2D eigenvalue weighted by Crippen LogP contribution is -2.32. The number of allylic oxidation sites excluding steroid dienone is 1. The van der Waals surface area contributed by atoms with Gasteiger partial charge in [0.05, 0.1) is 0 Å². The van der Waals surface area contributed by atoms with E-state index in [4.69, 9.17) is 0 Å². The summed E-state index contributed by atoms with van der Waals surface area (Å²) in [6.45, 7) is 8.26. The Kier molecular flexibility index (Phi) is 15.1. The quantitative estimate of drug-likeness (QED) is 0.520. The molecule has 1 aliphatic rings. The molecule has 0 bridgehead atoms. The number of rotatable bonds is 1. The fourth-order valence-corrected chi connectivity index (χ4v) is 0.569. The molecule has 0 spiro atoms. The van der Waals surface area contributed by atoms with Crippen molar-refractivity contribution in [3.05, 3.63) is 11.9 Å². The van der Waals surface area contributed by atoms with Gasteiger partial charge < -0.3 is 10.9 Å². The molecule has 0 saturated heterocycles. The minimum Gasteiger partial charge on any atom is -0.310 e. The Morgan fingerprint density at radius 2 is 1.75 bits per heavy atom. The molecule has 0 fully saturated rings. The Bertz CT molecular complexity index is 113. The van der Waals surface area contributed by atoms with Gasteiger partial charge in [-0.1, -0.05) is 35.1 Å². The third kappa shape index (κ3) is 6.10. The maximum absolute atomic E-state index is 2.96. The van der Waals surface area contributed by atoms with E-state index in [0.29, 0.717) is 5.92 Å². The largest absolute Gasteiger partial charge is 0.310 e. The summed E-state index contributed by atoms with van der Waals surface area (Å²) < 4.78 is 0. The summed E-state index contributed by atoms with van der Waals surface area (Å²) in [5.41, 5.74) is 9.75. The van der Waals surface area contributed by atoms with Crippen molar-refractivity contribution < 1.29 is 0 Å². The molecule has 0 unspecified atom stereocenters. The summed E-state index contributed by atoms with van der Waals surface area (Å²) in [6, 6.07) is 0. The Balaban J connectivity index is -0.000000189. The second-order valence-corrected chi connectivity index (χ2v) is 2.15. The molecule has 3 nitrogen and oxygen atoms in total. The van der Waals surface area contributed by atoms with E-state index in [0.717, 1.165) is 0 Å². The first-order valence-corrected chi connectivity index (χ1v) is 3.77. The molecule has 1 aliphatic heterocycles. The molecule has 3 N–H and O–H groups in total. The van der Waals surface area contributed by atoms with Crippen molar-refractivity contribution in [2.45, 2.75) is 35.1 Å². The zero-order chi connectivity index (χ0) is 7.98. The van der Waals surface area contributed by atoms with Gasteiger partial charge in [-0.3, -0.25) is 0 Å². The SMILES string of the molecule is C.CC.CC(C)C1=CNNN1.[B]. The van der Waals surface area contributed by atoms with Gasteiger partial charge in [0.1, 0.15) is 0 Å². The fourth-order valence-electron chi connectivity index (χ4n) is 0.569. The van der Waals surface area contributed by atoms with Crippen molar-refractivity contribution in [3.8, 4) is 0 Å². The lowest BCUT2D eigenvalue weighted by Gasteiger charge is -2.03. The van der Waals surface area contributed by atoms with Crippen LogP contribution in [0.2, 0.25) is 0 Å². The van der Waals surface area contributed by atoms with Crippen molar-refractivity contribution >= 4 is 8.41 Å². The van der Waals surface area contributed by atoms with Crippen LogP contribution in [0.3, 0.4) is 0 Å². The van der Waals surface area contributed by atoms with Gasteiger partial charge in [-0.2, -0.15) is 5.53 Å². The van der Waals surface area contributed by atoms with Gasteiger partial charge in [0.25, 0.3) is 0 Å². The van der Waals surface area contributed by atoms with E-state index in [1.54, 1.807) is 0 Å². The Labute approximate surface area is 78.5 Å². The smallest absolute Gasteiger partial charge is 0.0476 e. The molecule has 0 saturated carbocycles. The van der Waals surface area contributed by atoms with Crippen molar-refractivity contribution in [2.24, 2.45) is 5.92 Å². The van der Waals surface area contributed by atoms with Crippen LogP contribution in [-0.4, -0.2) is 8.41 Å². The van der Waals surface area contributed by atoms with E-state index >= 15 is 0 Å². The monoisotopic (exact) mass is 170 g/mol. The molecule has 1 heterocycles. The summed E-state index contributed by atoms with van der Waals surface area (Å²) in [7, 11) is 0. The van der Waals surface area contributed by atoms with Crippen molar-refractivity contribution in [1.29, 1.82) is 0 Å². The fraction of sp³-hybridized carbons (Fsp3) is 0.750. The average Bonchev–Trinajstić information content (AvgIpc) is 2.42. The van der Waals surface area contributed by atoms with Crippen LogP contribution >= 0.6 is 0 Å². The van der Waals surface area contributed by atoms with Crippen LogP contribution in [-0.2, 0) is 0 Å². The number of hydrazine groups is 2. The first-order valence-electron chi connectivity index (χ1n) is 3.77. The van der Waals surface area contributed by atoms with Gasteiger partial charge in [-0.25, -0.2) is 0 Å². The molecular weight excluding hydrogens is 149 g/mol. The summed E-state index contributed by atoms with van der Waals surface area (Å²) in [5, 5.41) is 0. The van der Waals surface area contributed by atoms with Crippen LogP contribution in [0, 0.1) is 5.92 Å². The number of hydrogen-bond acceptors (Lipinski definition) is 3. The number of hydrogen-bond donors (Lipinski definition) is 3. The molecule has 0 aliphatic carbocycles. The Morgan fingerprint density at radius 3 is 1.92 bits per heavy atom. The second kappa shape index (κ2) is 10.4. The van der Waals surface area contributed by atoms with Crippen molar-refractivity contribution in [1.82, 2.24) is 16.4 Å². The van der Waals surface area contributed by atoms with Gasteiger partial charge in [-0.15, -0.1) is 0 Å².